The van der Waals surface area contributed by atoms with Crippen LogP contribution in [0.15, 0.2) is 36.4 Å². The lowest BCUT2D eigenvalue weighted by Crippen LogP contribution is -1.99. The fourth-order valence-electron chi connectivity index (χ4n) is 1.85. The minimum absolute atomic E-state index is 0.146. The summed E-state index contributed by atoms with van der Waals surface area (Å²) in [7, 11) is 1.45. The molecule has 110 valence electrons. The van der Waals surface area contributed by atoms with Crippen LogP contribution in [0.4, 0.5) is 5.69 Å². The zero-order valence-electron chi connectivity index (χ0n) is 11.8. The van der Waals surface area contributed by atoms with Crippen LogP contribution in [0.5, 0.6) is 17.2 Å². The summed E-state index contributed by atoms with van der Waals surface area (Å²) in [5.41, 5.74) is 7.22. The van der Waals surface area contributed by atoms with Crippen LogP contribution < -0.4 is 15.2 Å². The maximum atomic E-state index is 11.1. The Balaban J connectivity index is 2.41. The van der Waals surface area contributed by atoms with Crippen molar-refractivity contribution < 1.29 is 14.4 Å². The lowest BCUT2D eigenvalue weighted by atomic mass is 10.1. The molecular formula is C15H16N2O4. The van der Waals surface area contributed by atoms with Crippen molar-refractivity contribution in [2.24, 2.45) is 5.73 Å². The van der Waals surface area contributed by atoms with Crippen molar-refractivity contribution in [1.29, 1.82) is 0 Å². The van der Waals surface area contributed by atoms with Gasteiger partial charge in [-0.15, -0.1) is 0 Å². The molecule has 0 aliphatic carbocycles. The van der Waals surface area contributed by atoms with Crippen molar-refractivity contribution in [2.45, 2.75) is 13.5 Å². The van der Waals surface area contributed by atoms with Crippen molar-refractivity contribution in [2.75, 3.05) is 7.11 Å². The lowest BCUT2D eigenvalue weighted by molar-refractivity contribution is -0.385. The number of ether oxygens (including phenoxy) is 2. The summed E-state index contributed by atoms with van der Waals surface area (Å²) in [5, 5.41) is 11.1. The number of nitro groups is 1. The predicted molar refractivity (Wildman–Crippen MR) is 78.8 cm³/mol. The monoisotopic (exact) mass is 288 g/mol. The highest BCUT2D eigenvalue weighted by Gasteiger charge is 2.18. The molecule has 0 bridgehead atoms. The SMILES string of the molecule is COc1ccc(Oc2cc(CN)ccc2C)c([N+](=O)[O-])c1. The lowest BCUT2D eigenvalue weighted by Gasteiger charge is -2.11. The van der Waals surface area contributed by atoms with Crippen LogP contribution in [0.2, 0.25) is 0 Å². The van der Waals surface area contributed by atoms with E-state index < -0.39 is 4.92 Å². The number of nitro benzene ring substituents is 1. The van der Waals surface area contributed by atoms with Gasteiger partial charge in [0.05, 0.1) is 18.1 Å². The topological polar surface area (TPSA) is 87.6 Å². The minimum Gasteiger partial charge on any atom is -0.496 e. The fraction of sp³-hybridized carbons (Fsp3) is 0.200. The van der Waals surface area contributed by atoms with Crippen molar-refractivity contribution in [3.63, 3.8) is 0 Å². The number of nitrogens with two attached hydrogens (primary N) is 1. The normalized spacial score (nSPS) is 10.2. The molecule has 0 spiro atoms. The molecule has 0 aliphatic rings. The van der Waals surface area contributed by atoms with Gasteiger partial charge in [0.15, 0.2) is 0 Å². The van der Waals surface area contributed by atoms with Gasteiger partial charge in [-0.25, -0.2) is 0 Å². The Morgan fingerprint density at radius 3 is 2.57 bits per heavy atom. The molecule has 0 saturated carbocycles. The molecule has 0 unspecified atom stereocenters. The van der Waals surface area contributed by atoms with Gasteiger partial charge in [0.2, 0.25) is 5.75 Å². The molecule has 0 saturated heterocycles. The highest BCUT2D eigenvalue weighted by Crippen LogP contribution is 2.35. The standard InChI is InChI=1S/C15H16N2O4/c1-10-3-4-11(9-16)7-15(10)21-14-6-5-12(20-2)8-13(14)17(18)19/h3-8H,9,16H2,1-2H3. The highest BCUT2D eigenvalue weighted by atomic mass is 16.6. The molecule has 2 aromatic rings. The smallest absolute Gasteiger partial charge is 0.315 e. The molecule has 0 atom stereocenters. The van der Waals surface area contributed by atoms with Crippen LogP contribution in [0.25, 0.3) is 0 Å². The van der Waals surface area contributed by atoms with Gasteiger partial charge in [-0.3, -0.25) is 10.1 Å². The first-order chi connectivity index (χ1) is 10.0. The molecule has 2 aromatic carbocycles. The third kappa shape index (κ3) is 3.29. The molecule has 2 N–H and O–H groups in total. The number of methoxy groups -OCH3 is 1. The molecule has 0 radical (unpaired) electrons. The second-order valence-corrected chi connectivity index (χ2v) is 4.50. The first kappa shape index (κ1) is 14.8. The van der Waals surface area contributed by atoms with Gasteiger partial charge in [0.25, 0.3) is 0 Å². The average molecular weight is 288 g/mol. The van der Waals surface area contributed by atoms with E-state index in [1.54, 1.807) is 12.1 Å². The van der Waals surface area contributed by atoms with E-state index >= 15 is 0 Å². The van der Waals surface area contributed by atoms with E-state index in [2.05, 4.69) is 0 Å². The van der Waals surface area contributed by atoms with Gasteiger partial charge >= 0.3 is 5.69 Å². The Morgan fingerprint density at radius 2 is 1.95 bits per heavy atom. The minimum atomic E-state index is -0.500. The predicted octanol–water partition coefficient (Wildman–Crippen LogP) is 3.16. The summed E-state index contributed by atoms with van der Waals surface area (Å²) in [6.07, 6.45) is 0. The Labute approximate surface area is 122 Å². The highest BCUT2D eigenvalue weighted by molar-refractivity contribution is 5.53. The van der Waals surface area contributed by atoms with E-state index in [1.807, 2.05) is 19.1 Å². The first-order valence-electron chi connectivity index (χ1n) is 6.35. The number of rotatable bonds is 5. The second kappa shape index (κ2) is 6.23. The van der Waals surface area contributed by atoms with Gasteiger partial charge < -0.3 is 15.2 Å². The molecular weight excluding hydrogens is 272 g/mol. The Bertz CT molecular complexity index is 671. The number of nitrogens with zero attached hydrogens (tertiary/aromatic N) is 1. The van der Waals surface area contributed by atoms with Crippen LogP contribution in [0.3, 0.4) is 0 Å². The molecule has 0 amide bonds. The van der Waals surface area contributed by atoms with Gasteiger partial charge in [-0.2, -0.15) is 0 Å². The average Bonchev–Trinajstić information content (AvgIpc) is 2.49. The molecule has 6 nitrogen and oxygen atoms in total. The largest absolute Gasteiger partial charge is 0.496 e. The van der Waals surface area contributed by atoms with Crippen molar-refractivity contribution in [1.82, 2.24) is 0 Å². The van der Waals surface area contributed by atoms with E-state index in [0.717, 1.165) is 11.1 Å². The second-order valence-electron chi connectivity index (χ2n) is 4.50. The first-order valence-corrected chi connectivity index (χ1v) is 6.35. The quantitative estimate of drug-likeness (QED) is 0.674. The molecule has 0 aliphatic heterocycles. The summed E-state index contributed by atoms with van der Waals surface area (Å²) >= 11 is 0. The zero-order chi connectivity index (χ0) is 15.4. The van der Waals surface area contributed by atoms with Gasteiger partial charge in [-0.05, 0) is 36.2 Å². The molecule has 21 heavy (non-hydrogen) atoms. The Kier molecular flexibility index (Phi) is 4.39. The van der Waals surface area contributed by atoms with Crippen LogP contribution in [-0.2, 0) is 6.54 Å². The third-order valence-corrected chi connectivity index (χ3v) is 3.07. The van der Waals surface area contributed by atoms with Crippen LogP contribution in [0, 0.1) is 17.0 Å². The van der Waals surface area contributed by atoms with Gasteiger partial charge in [0.1, 0.15) is 11.5 Å². The van der Waals surface area contributed by atoms with Crippen LogP contribution in [-0.4, -0.2) is 12.0 Å². The third-order valence-electron chi connectivity index (χ3n) is 3.07. The van der Waals surface area contributed by atoms with Crippen molar-refractivity contribution in [3.05, 3.63) is 57.6 Å². The Hall–Kier alpha value is -2.60. The maximum absolute atomic E-state index is 11.1. The number of hydrogen-bond acceptors (Lipinski definition) is 5. The molecule has 0 aromatic heterocycles. The molecule has 0 heterocycles. The number of benzene rings is 2. The van der Waals surface area contributed by atoms with Crippen molar-refractivity contribution >= 4 is 5.69 Å². The zero-order valence-corrected chi connectivity index (χ0v) is 11.8. The van der Waals surface area contributed by atoms with E-state index in [-0.39, 0.29) is 11.4 Å². The summed E-state index contributed by atoms with van der Waals surface area (Å²) in [5.74, 6) is 1.12. The maximum Gasteiger partial charge on any atom is 0.315 e. The van der Waals surface area contributed by atoms with Crippen LogP contribution >= 0.6 is 0 Å². The van der Waals surface area contributed by atoms with Crippen molar-refractivity contribution in [3.8, 4) is 17.2 Å². The van der Waals surface area contributed by atoms with Gasteiger partial charge in [-0.1, -0.05) is 12.1 Å². The number of hydrogen-bond donors (Lipinski definition) is 1. The van der Waals surface area contributed by atoms with E-state index in [0.29, 0.717) is 18.0 Å². The fourth-order valence-corrected chi connectivity index (χ4v) is 1.85. The summed E-state index contributed by atoms with van der Waals surface area (Å²) < 4.78 is 10.7. The molecule has 2 rings (SSSR count). The Morgan fingerprint density at radius 1 is 1.19 bits per heavy atom. The number of aryl methyl sites for hydroxylation is 1. The summed E-state index contributed by atoms with van der Waals surface area (Å²) in [4.78, 5) is 10.6. The van der Waals surface area contributed by atoms with E-state index in [9.17, 15) is 10.1 Å². The van der Waals surface area contributed by atoms with E-state index in [4.69, 9.17) is 15.2 Å². The van der Waals surface area contributed by atoms with Gasteiger partial charge in [0, 0.05) is 6.54 Å². The summed E-state index contributed by atoms with van der Waals surface area (Å²) in [6.45, 7) is 2.24. The summed E-state index contributed by atoms with van der Waals surface area (Å²) in [6, 6.07) is 10.0. The van der Waals surface area contributed by atoms with Crippen LogP contribution in [0.1, 0.15) is 11.1 Å². The molecule has 6 heteroatoms. The van der Waals surface area contributed by atoms with E-state index in [1.165, 1.54) is 19.2 Å². The molecule has 0 fully saturated rings.